The van der Waals surface area contributed by atoms with Crippen LogP contribution in [0.3, 0.4) is 0 Å². The zero-order valence-electron chi connectivity index (χ0n) is 8.56. The maximum absolute atomic E-state index is 9.78. The van der Waals surface area contributed by atoms with Crippen molar-refractivity contribution in [1.82, 2.24) is 4.90 Å². The number of hydrogen-bond donors (Lipinski definition) is 1. The average molecular weight is 191 g/mol. The molecule has 1 unspecified atom stereocenters. The summed E-state index contributed by atoms with van der Waals surface area (Å²) >= 11 is 0. The van der Waals surface area contributed by atoms with Gasteiger partial charge in [0.15, 0.2) is 0 Å². The Morgan fingerprint density at radius 3 is 2.57 bits per heavy atom. The molecule has 1 heterocycles. The van der Waals surface area contributed by atoms with Crippen LogP contribution < -0.4 is 0 Å². The summed E-state index contributed by atoms with van der Waals surface area (Å²) in [6, 6.07) is 10.4. The van der Waals surface area contributed by atoms with Crippen LogP contribution >= 0.6 is 0 Å². The molecule has 0 aliphatic carbocycles. The van der Waals surface area contributed by atoms with Gasteiger partial charge in [0.2, 0.25) is 0 Å². The molecule has 0 radical (unpaired) electrons. The van der Waals surface area contributed by atoms with Gasteiger partial charge in [0, 0.05) is 19.0 Å². The summed E-state index contributed by atoms with van der Waals surface area (Å²) in [6.07, 6.45) is 0.840. The van der Waals surface area contributed by atoms with Crippen molar-refractivity contribution in [1.29, 1.82) is 0 Å². The SMILES string of the molecule is CN1CC(Cc2ccccc2)[C@H](O)C1. The Morgan fingerprint density at radius 2 is 2.00 bits per heavy atom. The van der Waals surface area contributed by atoms with E-state index in [0.717, 1.165) is 19.5 Å². The second-order valence-electron chi connectivity index (χ2n) is 4.24. The Labute approximate surface area is 85.2 Å². The summed E-state index contributed by atoms with van der Waals surface area (Å²) in [5.74, 6) is 0.405. The minimum Gasteiger partial charge on any atom is -0.391 e. The molecule has 1 aromatic rings. The van der Waals surface area contributed by atoms with Crippen molar-refractivity contribution in [2.75, 3.05) is 20.1 Å². The monoisotopic (exact) mass is 191 g/mol. The fourth-order valence-corrected chi connectivity index (χ4v) is 2.18. The lowest BCUT2D eigenvalue weighted by Gasteiger charge is -2.12. The molecule has 0 spiro atoms. The van der Waals surface area contributed by atoms with Gasteiger partial charge in [-0.2, -0.15) is 0 Å². The summed E-state index contributed by atoms with van der Waals surface area (Å²) in [7, 11) is 2.06. The van der Waals surface area contributed by atoms with Crippen molar-refractivity contribution < 1.29 is 5.11 Å². The molecule has 76 valence electrons. The first kappa shape index (κ1) is 9.69. The summed E-state index contributed by atoms with van der Waals surface area (Å²) in [6.45, 7) is 1.83. The molecule has 1 saturated heterocycles. The fourth-order valence-electron chi connectivity index (χ4n) is 2.18. The van der Waals surface area contributed by atoms with Gasteiger partial charge in [0.05, 0.1) is 6.10 Å². The molecule has 2 atom stereocenters. The van der Waals surface area contributed by atoms with E-state index >= 15 is 0 Å². The third-order valence-corrected chi connectivity index (χ3v) is 2.93. The molecule has 1 aromatic carbocycles. The van der Waals surface area contributed by atoms with E-state index in [0.29, 0.717) is 5.92 Å². The first-order valence-corrected chi connectivity index (χ1v) is 5.16. The minimum absolute atomic E-state index is 0.153. The molecule has 0 aromatic heterocycles. The van der Waals surface area contributed by atoms with E-state index in [-0.39, 0.29) is 6.10 Å². The van der Waals surface area contributed by atoms with Crippen molar-refractivity contribution in [2.45, 2.75) is 12.5 Å². The molecule has 2 rings (SSSR count). The van der Waals surface area contributed by atoms with Crippen molar-refractivity contribution >= 4 is 0 Å². The average Bonchev–Trinajstić information content (AvgIpc) is 2.47. The van der Waals surface area contributed by atoms with Crippen molar-refractivity contribution in [2.24, 2.45) is 5.92 Å². The molecule has 1 fully saturated rings. The summed E-state index contributed by atoms with van der Waals surface area (Å²) in [5.41, 5.74) is 1.33. The lowest BCUT2D eigenvalue weighted by Crippen LogP contribution is -2.19. The van der Waals surface area contributed by atoms with E-state index in [2.05, 4.69) is 36.2 Å². The van der Waals surface area contributed by atoms with Gasteiger partial charge in [0.25, 0.3) is 0 Å². The Kier molecular flexibility index (Phi) is 2.85. The topological polar surface area (TPSA) is 23.5 Å². The predicted octanol–water partition coefficient (Wildman–Crippen LogP) is 1.15. The molecule has 1 aliphatic rings. The lowest BCUT2D eigenvalue weighted by molar-refractivity contribution is 0.143. The van der Waals surface area contributed by atoms with E-state index in [1.54, 1.807) is 0 Å². The van der Waals surface area contributed by atoms with E-state index in [1.807, 2.05) is 6.07 Å². The van der Waals surface area contributed by atoms with Crippen LogP contribution in [0.25, 0.3) is 0 Å². The fraction of sp³-hybridized carbons (Fsp3) is 0.500. The number of rotatable bonds is 2. The number of aliphatic hydroxyl groups excluding tert-OH is 1. The highest BCUT2D eigenvalue weighted by molar-refractivity contribution is 5.16. The second-order valence-corrected chi connectivity index (χ2v) is 4.24. The smallest absolute Gasteiger partial charge is 0.0710 e. The van der Waals surface area contributed by atoms with Gasteiger partial charge in [-0.3, -0.25) is 0 Å². The quantitative estimate of drug-likeness (QED) is 0.758. The van der Waals surface area contributed by atoms with Crippen molar-refractivity contribution in [3.8, 4) is 0 Å². The highest BCUT2D eigenvalue weighted by Crippen LogP contribution is 2.19. The van der Waals surface area contributed by atoms with E-state index in [4.69, 9.17) is 0 Å². The number of hydrogen-bond acceptors (Lipinski definition) is 2. The van der Waals surface area contributed by atoms with Crippen LogP contribution in [0.4, 0.5) is 0 Å². The second kappa shape index (κ2) is 4.11. The maximum Gasteiger partial charge on any atom is 0.0710 e. The van der Waals surface area contributed by atoms with E-state index in [9.17, 15) is 5.11 Å². The summed E-state index contributed by atoms with van der Waals surface area (Å²) in [5, 5.41) is 9.78. The van der Waals surface area contributed by atoms with Crippen LogP contribution in [-0.4, -0.2) is 36.2 Å². The number of likely N-dealkylation sites (tertiary alicyclic amines) is 1. The highest BCUT2D eigenvalue weighted by Gasteiger charge is 2.28. The van der Waals surface area contributed by atoms with Crippen LogP contribution in [-0.2, 0) is 6.42 Å². The van der Waals surface area contributed by atoms with Crippen LogP contribution in [0.15, 0.2) is 30.3 Å². The molecule has 1 N–H and O–H groups in total. The van der Waals surface area contributed by atoms with E-state index < -0.39 is 0 Å². The van der Waals surface area contributed by atoms with Crippen LogP contribution in [0, 0.1) is 5.92 Å². The molecule has 1 aliphatic heterocycles. The van der Waals surface area contributed by atoms with Gasteiger partial charge in [-0.25, -0.2) is 0 Å². The lowest BCUT2D eigenvalue weighted by atomic mass is 9.97. The Balaban J connectivity index is 1.98. The van der Waals surface area contributed by atoms with Gasteiger partial charge < -0.3 is 10.0 Å². The molecule has 0 amide bonds. The first-order chi connectivity index (χ1) is 6.75. The number of likely N-dealkylation sites (N-methyl/N-ethyl adjacent to an activating group) is 1. The Bertz CT molecular complexity index is 286. The number of nitrogens with zero attached hydrogens (tertiary/aromatic N) is 1. The van der Waals surface area contributed by atoms with Crippen LogP contribution in [0.2, 0.25) is 0 Å². The van der Waals surface area contributed by atoms with Gasteiger partial charge in [-0.15, -0.1) is 0 Å². The van der Waals surface area contributed by atoms with Gasteiger partial charge >= 0.3 is 0 Å². The predicted molar refractivity (Wildman–Crippen MR) is 57.1 cm³/mol. The zero-order chi connectivity index (χ0) is 9.97. The molecule has 2 nitrogen and oxygen atoms in total. The Hall–Kier alpha value is -0.860. The van der Waals surface area contributed by atoms with Gasteiger partial charge in [-0.05, 0) is 19.0 Å². The van der Waals surface area contributed by atoms with Crippen LogP contribution in [0.1, 0.15) is 5.56 Å². The molecular formula is C12H17NO. The van der Waals surface area contributed by atoms with Crippen molar-refractivity contribution in [3.05, 3.63) is 35.9 Å². The van der Waals surface area contributed by atoms with E-state index in [1.165, 1.54) is 5.56 Å². The summed E-state index contributed by atoms with van der Waals surface area (Å²) in [4.78, 5) is 2.19. The minimum atomic E-state index is -0.153. The molecule has 2 heteroatoms. The van der Waals surface area contributed by atoms with Gasteiger partial charge in [-0.1, -0.05) is 30.3 Å². The number of β-amino-alcohol motifs (C(OH)–C–C–N with tert-alkyl or cyclic N) is 1. The van der Waals surface area contributed by atoms with Crippen molar-refractivity contribution in [3.63, 3.8) is 0 Å². The largest absolute Gasteiger partial charge is 0.391 e. The molecule has 0 bridgehead atoms. The number of benzene rings is 1. The normalized spacial score (nSPS) is 28.1. The zero-order valence-corrected chi connectivity index (χ0v) is 8.56. The summed E-state index contributed by atoms with van der Waals surface area (Å²) < 4.78 is 0. The third kappa shape index (κ3) is 2.14. The third-order valence-electron chi connectivity index (χ3n) is 2.93. The van der Waals surface area contributed by atoms with Gasteiger partial charge in [0.1, 0.15) is 0 Å². The highest BCUT2D eigenvalue weighted by atomic mass is 16.3. The standard InChI is InChI=1S/C12H17NO/c1-13-8-11(12(14)9-13)7-10-5-3-2-4-6-10/h2-6,11-12,14H,7-9H2,1H3/t11?,12-/m1/s1. The maximum atomic E-state index is 9.78. The molecular weight excluding hydrogens is 174 g/mol. The Morgan fingerprint density at radius 1 is 1.29 bits per heavy atom. The molecule has 14 heavy (non-hydrogen) atoms. The van der Waals surface area contributed by atoms with Crippen LogP contribution in [0.5, 0.6) is 0 Å². The first-order valence-electron chi connectivity index (χ1n) is 5.16. The number of aliphatic hydroxyl groups is 1. The molecule has 0 saturated carbocycles.